The fourth-order valence-electron chi connectivity index (χ4n) is 6.57. The van der Waals surface area contributed by atoms with E-state index in [4.69, 9.17) is 14.8 Å². The summed E-state index contributed by atoms with van der Waals surface area (Å²) in [5, 5.41) is 27.2. The van der Waals surface area contributed by atoms with E-state index in [2.05, 4.69) is 52.8 Å². The van der Waals surface area contributed by atoms with Crippen LogP contribution in [0.2, 0.25) is 0 Å². The van der Waals surface area contributed by atoms with Crippen LogP contribution < -0.4 is 5.56 Å². The molecule has 46 heavy (non-hydrogen) atoms. The summed E-state index contributed by atoms with van der Waals surface area (Å²) in [7, 11) is 0. The Morgan fingerprint density at radius 2 is 1.72 bits per heavy atom. The summed E-state index contributed by atoms with van der Waals surface area (Å²) in [4.78, 5) is 19.2. The van der Waals surface area contributed by atoms with Crippen LogP contribution in [-0.2, 0) is 24.1 Å². The lowest BCUT2D eigenvalue weighted by atomic mass is 9.92. The van der Waals surface area contributed by atoms with Crippen molar-refractivity contribution in [1.82, 2.24) is 39.4 Å². The third kappa shape index (κ3) is 6.52. The number of tetrazole rings is 1. The van der Waals surface area contributed by atoms with Crippen LogP contribution in [0.3, 0.4) is 0 Å². The van der Waals surface area contributed by atoms with Crippen LogP contribution in [0.5, 0.6) is 0 Å². The van der Waals surface area contributed by atoms with Crippen molar-refractivity contribution in [3.63, 3.8) is 0 Å². The largest absolute Gasteiger partial charge is 0.388 e. The summed E-state index contributed by atoms with van der Waals surface area (Å²) in [5.41, 5.74) is 5.00. The first-order valence-electron chi connectivity index (χ1n) is 16.4. The molecule has 1 aliphatic rings. The van der Waals surface area contributed by atoms with Crippen molar-refractivity contribution in [3.8, 4) is 22.5 Å². The van der Waals surface area contributed by atoms with Gasteiger partial charge in [-0.2, -0.15) is 10.1 Å². The molecule has 0 saturated heterocycles. The predicted molar refractivity (Wildman–Crippen MR) is 177 cm³/mol. The Morgan fingerprint density at radius 3 is 2.39 bits per heavy atom. The van der Waals surface area contributed by atoms with E-state index in [0.717, 1.165) is 77.9 Å². The zero-order valence-electron chi connectivity index (χ0n) is 27.5. The summed E-state index contributed by atoms with van der Waals surface area (Å²) in [6.45, 7) is 10.5. The monoisotopic (exact) mass is 624 g/mol. The minimum absolute atomic E-state index is 0.00791. The third-order valence-electron chi connectivity index (χ3n) is 8.81. The van der Waals surface area contributed by atoms with Crippen molar-refractivity contribution in [2.75, 3.05) is 6.61 Å². The lowest BCUT2D eigenvalue weighted by Gasteiger charge is -2.32. The molecule has 5 aromatic rings. The van der Waals surface area contributed by atoms with Crippen LogP contribution in [0.4, 0.5) is 0 Å². The third-order valence-corrected chi connectivity index (χ3v) is 8.81. The number of aryl methyl sites for hydroxylation is 3. The number of nitrogens with zero attached hydrogens (tertiary/aromatic N) is 8. The highest BCUT2D eigenvalue weighted by Gasteiger charge is 2.29. The molecule has 242 valence electrons. The number of hydrogen-bond donors (Lipinski definition) is 1. The zero-order chi connectivity index (χ0) is 32.4. The average molecular weight is 625 g/mol. The molecule has 2 aromatic carbocycles. The van der Waals surface area contributed by atoms with Gasteiger partial charge >= 0.3 is 0 Å². The summed E-state index contributed by atoms with van der Waals surface area (Å²) in [6, 6.07) is 16.6. The molecule has 1 aliphatic carbocycles. The van der Waals surface area contributed by atoms with Gasteiger partial charge in [0.2, 0.25) is 5.78 Å². The molecule has 0 unspecified atom stereocenters. The van der Waals surface area contributed by atoms with Crippen molar-refractivity contribution in [2.24, 2.45) is 0 Å². The van der Waals surface area contributed by atoms with Crippen molar-refractivity contribution in [2.45, 2.75) is 104 Å². The van der Waals surface area contributed by atoms with Crippen molar-refractivity contribution < 1.29 is 9.84 Å². The van der Waals surface area contributed by atoms with Gasteiger partial charge in [0.1, 0.15) is 5.82 Å². The Bertz CT molecular complexity index is 1860. The Kier molecular flexibility index (Phi) is 9.15. The molecule has 0 radical (unpaired) electrons. The van der Waals surface area contributed by atoms with E-state index in [9.17, 15) is 9.90 Å². The number of rotatable bonds is 11. The van der Waals surface area contributed by atoms with Crippen LogP contribution >= 0.6 is 0 Å². The van der Waals surface area contributed by atoms with E-state index < -0.39 is 5.60 Å². The molecule has 0 amide bonds. The quantitative estimate of drug-likeness (QED) is 0.208. The van der Waals surface area contributed by atoms with Gasteiger partial charge in [-0.25, -0.2) is 9.20 Å². The molecule has 0 spiro atoms. The molecule has 1 fully saturated rings. The first kappa shape index (κ1) is 31.7. The fraction of sp³-hybridized carbons (Fsp3) is 0.486. The number of fused-ring (bicyclic) bond motifs is 1. The van der Waals surface area contributed by atoms with E-state index in [-0.39, 0.29) is 17.7 Å². The molecule has 0 aliphatic heterocycles. The van der Waals surface area contributed by atoms with E-state index in [1.165, 1.54) is 0 Å². The second-order valence-electron chi connectivity index (χ2n) is 13.0. The van der Waals surface area contributed by atoms with Gasteiger partial charge in [0.05, 0.1) is 24.0 Å². The molecule has 1 saturated carbocycles. The van der Waals surface area contributed by atoms with Gasteiger partial charge in [-0.1, -0.05) is 61.9 Å². The Hall–Kier alpha value is -4.22. The van der Waals surface area contributed by atoms with Gasteiger partial charge in [-0.15, -0.1) is 5.10 Å². The highest BCUT2D eigenvalue weighted by atomic mass is 16.5. The molecule has 0 atom stereocenters. The second kappa shape index (κ2) is 13.3. The number of hydrogen-bond acceptors (Lipinski definition) is 8. The fourth-order valence-corrected chi connectivity index (χ4v) is 6.57. The maximum atomic E-state index is 14.5. The lowest BCUT2D eigenvalue weighted by Crippen LogP contribution is -2.36. The highest BCUT2D eigenvalue weighted by Crippen LogP contribution is 2.33. The highest BCUT2D eigenvalue weighted by molar-refractivity contribution is 5.80. The average Bonchev–Trinajstić information content (AvgIpc) is 3.68. The molecule has 0 bridgehead atoms. The SMILES string of the molecule is CCCc1c(Cc2ccc(-c3ccccc3-c3nnnn3CC)cc2)c(=O)n(C2CCC(OCC(C)(C)O)CC2)c2nc(C)nn12. The van der Waals surface area contributed by atoms with Crippen LogP contribution in [0, 0.1) is 6.92 Å². The topological polar surface area (TPSA) is 125 Å². The predicted octanol–water partition coefficient (Wildman–Crippen LogP) is 5.35. The molecule has 11 heteroatoms. The van der Waals surface area contributed by atoms with Crippen molar-refractivity contribution in [3.05, 3.63) is 81.5 Å². The molecule has 3 aromatic heterocycles. The molecule has 1 N–H and O–H groups in total. The lowest BCUT2D eigenvalue weighted by molar-refractivity contribution is -0.0654. The molecule has 6 rings (SSSR count). The van der Waals surface area contributed by atoms with Crippen molar-refractivity contribution >= 4 is 5.78 Å². The minimum Gasteiger partial charge on any atom is -0.388 e. The first-order valence-corrected chi connectivity index (χ1v) is 16.4. The summed E-state index contributed by atoms with van der Waals surface area (Å²) in [6.07, 6.45) is 5.47. The number of benzene rings is 2. The minimum atomic E-state index is -0.863. The Morgan fingerprint density at radius 1 is 1.00 bits per heavy atom. The molecule has 11 nitrogen and oxygen atoms in total. The van der Waals surface area contributed by atoms with Crippen LogP contribution in [0.25, 0.3) is 28.3 Å². The second-order valence-corrected chi connectivity index (χ2v) is 13.0. The first-order chi connectivity index (χ1) is 22.2. The van der Waals surface area contributed by atoms with Crippen molar-refractivity contribution in [1.29, 1.82) is 0 Å². The number of aliphatic hydroxyl groups is 1. The van der Waals surface area contributed by atoms with Gasteiger partial charge in [-0.3, -0.25) is 9.36 Å². The maximum Gasteiger partial charge on any atom is 0.259 e. The summed E-state index contributed by atoms with van der Waals surface area (Å²) in [5.74, 6) is 2.01. The maximum absolute atomic E-state index is 14.5. The summed E-state index contributed by atoms with van der Waals surface area (Å²) >= 11 is 0. The van der Waals surface area contributed by atoms with E-state index >= 15 is 0 Å². The Labute approximate surface area is 269 Å². The van der Waals surface area contributed by atoms with E-state index in [1.54, 1.807) is 18.5 Å². The molecular weight excluding hydrogens is 580 g/mol. The summed E-state index contributed by atoms with van der Waals surface area (Å²) < 4.78 is 11.6. The number of ether oxygens (including phenoxy) is 1. The van der Waals surface area contributed by atoms with Crippen LogP contribution in [0.1, 0.15) is 88.5 Å². The van der Waals surface area contributed by atoms with Crippen LogP contribution in [-0.4, -0.2) is 62.8 Å². The zero-order valence-corrected chi connectivity index (χ0v) is 27.5. The standard InChI is InChI=1S/C35H44N8O3/c1-6-10-31-30(21-24-13-15-25(16-14-24)28-11-8-9-12-29(28)32-37-39-40-41(32)7-2)33(44)42(34-36-23(3)38-43(31)34)26-17-19-27(20-18-26)46-22-35(4,5)45/h8-9,11-16,26-27,45H,6-7,10,17-22H2,1-5H3. The molecular formula is C35H44N8O3. The van der Waals surface area contributed by atoms with Crippen LogP contribution in [0.15, 0.2) is 53.3 Å². The van der Waals surface area contributed by atoms with Gasteiger partial charge < -0.3 is 9.84 Å². The molecule has 3 heterocycles. The van der Waals surface area contributed by atoms with Gasteiger partial charge in [-0.05, 0) is 86.9 Å². The number of aromatic nitrogens is 8. The van der Waals surface area contributed by atoms with Gasteiger partial charge in [0.15, 0.2) is 5.82 Å². The normalized spacial score (nSPS) is 17.2. The van der Waals surface area contributed by atoms with Gasteiger partial charge in [0.25, 0.3) is 5.56 Å². The van der Waals surface area contributed by atoms with E-state index in [1.807, 2.05) is 41.1 Å². The van der Waals surface area contributed by atoms with Gasteiger partial charge in [0, 0.05) is 30.1 Å². The van der Waals surface area contributed by atoms with E-state index in [0.29, 0.717) is 31.2 Å². The Balaban J connectivity index is 1.32. The smallest absolute Gasteiger partial charge is 0.259 e.